The van der Waals surface area contributed by atoms with Gasteiger partial charge in [-0.3, -0.25) is 4.79 Å². The van der Waals surface area contributed by atoms with Gasteiger partial charge in [0.2, 0.25) is 11.7 Å². The number of tetrazole rings is 1. The molecular weight excluding hydrogens is 445 g/mol. The monoisotopic (exact) mass is 463 g/mol. The minimum Gasteiger partial charge on any atom is -0.326 e. The maximum Gasteiger partial charge on any atom is 0.249 e. The summed E-state index contributed by atoms with van der Waals surface area (Å²) < 4.78 is 15.1. The lowest BCUT2D eigenvalue weighted by molar-refractivity contribution is -0.117. The average Bonchev–Trinajstić information content (AvgIpc) is 3.34. The first kappa shape index (κ1) is 22.2. The molecule has 1 amide bonds. The van der Waals surface area contributed by atoms with Crippen LogP contribution in [0.3, 0.4) is 0 Å². The van der Waals surface area contributed by atoms with Crippen LogP contribution in [-0.2, 0) is 17.9 Å². The maximum absolute atomic E-state index is 13.3. The normalized spacial score (nSPS) is 10.8. The number of amides is 1. The van der Waals surface area contributed by atoms with Gasteiger partial charge in [-0.1, -0.05) is 23.7 Å². The van der Waals surface area contributed by atoms with Crippen LogP contribution in [0.25, 0.3) is 11.4 Å². The van der Waals surface area contributed by atoms with E-state index in [1.54, 1.807) is 36.4 Å². The first-order chi connectivity index (χ1) is 15.9. The van der Waals surface area contributed by atoms with Gasteiger partial charge in [-0.25, -0.2) is 4.39 Å². The SMILES string of the molecule is Cc1c(C#N)c(NC(=O)Cn2nnc(-c3ccc(Cl)cc3)n2)n(Cc2ccc(F)cc2)c1C. The van der Waals surface area contributed by atoms with E-state index < -0.39 is 5.91 Å². The van der Waals surface area contributed by atoms with Crippen molar-refractivity contribution in [1.82, 2.24) is 24.8 Å². The van der Waals surface area contributed by atoms with Crippen LogP contribution in [0.5, 0.6) is 0 Å². The zero-order chi connectivity index (χ0) is 23.5. The van der Waals surface area contributed by atoms with E-state index in [0.717, 1.165) is 22.4 Å². The Balaban J connectivity index is 1.55. The number of hydrogen-bond donors (Lipinski definition) is 1. The van der Waals surface area contributed by atoms with Gasteiger partial charge in [-0.2, -0.15) is 10.1 Å². The van der Waals surface area contributed by atoms with Crippen LogP contribution >= 0.6 is 11.6 Å². The summed E-state index contributed by atoms with van der Waals surface area (Å²) in [6, 6.07) is 15.2. The third-order valence-electron chi connectivity index (χ3n) is 5.29. The van der Waals surface area contributed by atoms with Crippen molar-refractivity contribution in [2.24, 2.45) is 0 Å². The van der Waals surface area contributed by atoms with Crippen LogP contribution in [-0.4, -0.2) is 30.7 Å². The molecular formula is C23H19ClFN7O. The van der Waals surface area contributed by atoms with Crippen molar-refractivity contribution in [1.29, 1.82) is 5.26 Å². The molecule has 166 valence electrons. The topological polar surface area (TPSA) is 101 Å². The largest absolute Gasteiger partial charge is 0.326 e. The molecule has 10 heteroatoms. The summed E-state index contributed by atoms with van der Waals surface area (Å²) in [4.78, 5) is 14.0. The smallest absolute Gasteiger partial charge is 0.249 e. The first-order valence-electron chi connectivity index (χ1n) is 10.0. The summed E-state index contributed by atoms with van der Waals surface area (Å²) in [5.41, 5.74) is 3.52. The summed E-state index contributed by atoms with van der Waals surface area (Å²) in [6.45, 7) is 3.87. The molecule has 0 spiro atoms. The molecule has 4 rings (SSSR count). The molecule has 0 saturated carbocycles. The van der Waals surface area contributed by atoms with Crippen molar-refractivity contribution < 1.29 is 9.18 Å². The Morgan fingerprint density at radius 1 is 1.15 bits per heavy atom. The van der Waals surface area contributed by atoms with Gasteiger partial charge in [-0.15, -0.1) is 10.2 Å². The molecule has 1 N–H and O–H groups in total. The summed E-state index contributed by atoms with van der Waals surface area (Å²) in [5.74, 6) is -0.00321. The van der Waals surface area contributed by atoms with E-state index in [0.29, 0.717) is 28.8 Å². The number of benzene rings is 2. The highest BCUT2D eigenvalue weighted by Gasteiger charge is 2.20. The van der Waals surface area contributed by atoms with E-state index in [-0.39, 0.29) is 12.4 Å². The van der Waals surface area contributed by atoms with Crippen molar-refractivity contribution in [2.45, 2.75) is 26.9 Å². The minimum absolute atomic E-state index is 0.189. The molecule has 2 aromatic heterocycles. The van der Waals surface area contributed by atoms with Gasteiger partial charge in [0, 0.05) is 22.8 Å². The lowest BCUT2D eigenvalue weighted by atomic mass is 10.2. The fourth-order valence-corrected chi connectivity index (χ4v) is 3.55. The van der Waals surface area contributed by atoms with Crippen LogP contribution in [0.1, 0.15) is 22.4 Å². The van der Waals surface area contributed by atoms with E-state index in [2.05, 4.69) is 26.8 Å². The van der Waals surface area contributed by atoms with Gasteiger partial charge in [0.25, 0.3) is 0 Å². The number of anilines is 1. The summed E-state index contributed by atoms with van der Waals surface area (Å²) in [7, 11) is 0. The first-order valence-corrected chi connectivity index (χ1v) is 10.4. The Bertz CT molecular complexity index is 1350. The number of hydrogen-bond acceptors (Lipinski definition) is 5. The molecule has 0 unspecified atom stereocenters. The van der Waals surface area contributed by atoms with Crippen molar-refractivity contribution >= 4 is 23.3 Å². The molecule has 0 aliphatic heterocycles. The van der Waals surface area contributed by atoms with E-state index in [1.165, 1.54) is 16.9 Å². The van der Waals surface area contributed by atoms with Crippen LogP contribution in [0.15, 0.2) is 48.5 Å². The highest BCUT2D eigenvalue weighted by Crippen LogP contribution is 2.27. The van der Waals surface area contributed by atoms with Crippen molar-refractivity contribution in [3.63, 3.8) is 0 Å². The number of carbonyl (C=O) groups excluding carboxylic acids is 1. The van der Waals surface area contributed by atoms with Gasteiger partial charge >= 0.3 is 0 Å². The molecule has 8 nitrogen and oxygen atoms in total. The molecule has 0 aliphatic carbocycles. The fourth-order valence-electron chi connectivity index (χ4n) is 3.43. The third kappa shape index (κ3) is 4.76. The zero-order valence-corrected chi connectivity index (χ0v) is 18.6. The minimum atomic E-state index is -0.413. The molecule has 2 aromatic carbocycles. The summed E-state index contributed by atoms with van der Waals surface area (Å²) >= 11 is 5.90. The molecule has 0 saturated heterocycles. The van der Waals surface area contributed by atoms with Crippen molar-refractivity contribution in [3.8, 4) is 17.5 Å². The quantitative estimate of drug-likeness (QED) is 0.463. The summed E-state index contributed by atoms with van der Waals surface area (Å²) in [5, 5.41) is 25.2. The molecule has 0 aliphatic rings. The number of nitrogens with zero attached hydrogens (tertiary/aromatic N) is 6. The molecule has 0 radical (unpaired) electrons. The zero-order valence-electron chi connectivity index (χ0n) is 17.9. The van der Waals surface area contributed by atoms with Crippen LogP contribution in [0, 0.1) is 31.0 Å². The second-order valence-corrected chi connectivity index (χ2v) is 7.89. The summed E-state index contributed by atoms with van der Waals surface area (Å²) in [6.07, 6.45) is 0. The Morgan fingerprint density at radius 3 is 2.52 bits per heavy atom. The van der Waals surface area contributed by atoms with Gasteiger partial charge in [0.05, 0.1) is 5.56 Å². The maximum atomic E-state index is 13.3. The van der Waals surface area contributed by atoms with Gasteiger partial charge in [0.1, 0.15) is 24.2 Å². The van der Waals surface area contributed by atoms with Crippen molar-refractivity contribution in [3.05, 3.63) is 81.8 Å². The Hall–Kier alpha value is -4.03. The standard InChI is InChI=1S/C23H19ClFN7O/c1-14-15(2)31(12-16-3-9-19(25)10-4-16)23(20(14)11-26)27-21(33)13-32-29-22(28-30-32)17-5-7-18(24)8-6-17/h3-10H,12-13H2,1-2H3,(H,27,33). The van der Waals surface area contributed by atoms with E-state index in [4.69, 9.17) is 11.6 Å². The highest BCUT2D eigenvalue weighted by atomic mass is 35.5. The number of nitriles is 1. The van der Waals surface area contributed by atoms with E-state index in [1.807, 2.05) is 18.4 Å². The predicted molar refractivity (Wildman–Crippen MR) is 121 cm³/mol. The number of rotatable bonds is 6. The number of nitrogens with one attached hydrogen (secondary N) is 1. The van der Waals surface area contributed by atoms with Crippen LogP contribution in [0.4, 0.5) is 10.2 Å². The van der Waals surface area contributed by atoms with Gasteiger partial charge in [-0.05, 0) is 66.6 Å². The second kappa shape index (κ2) is 9.22. The van der Waals surface area contributed by atoms with Crippen LogP contribution < -0.4 is 5.32 Å². The fraction of sp³-hybridized carbons (Fsp3) is 0.174. The Labute approximate surface area is 194 Å². The molecule has 0 bridgehead atoms. The number of carbonyl (C=O) groups is 1. The molecule has 4 aromatic rings. The average molecular weight is 464 g/mol. The van der Waals surface area contributed by atoms with Crippen LogP contribution in [0.2, 0.25) is 5.02 Å². The Kier molecular flexibility index (Phi) is 6.20. The second-order valence-electron chi connectivity index (χ2n) is 7.46. The molecule has 2 heterocycles. The highest BCUT2D eigenvalue weighted by molar-refractivity contribution is 6.30. The molecule has 0 fully saturated rings. The lowest BCUT2D eigenvalue weighted by Crippen LogP contribution is -2.23. The lowest BCUT2D eigenvalue weighted by Gasteiger charge is -2.13. The number of aromatic nitrogens is 5. The predicted octanol–water partition coefficient (Wildman–Crippen LogP) is 4.11. The Morgan fingerprint density at radius 2 is 1.85 bits per heavy atom. The third-order valence-corrected chi connectivity index (χ3v) is 5.55. The van der Waals surface area contributed by atoms with Crippen molar-refractivity contribution in [2.75, 3.05) is 5.32 Å². The number of halogens is 2. The molecule has 0 atom stereocenters. The van der Waals surface area contributed by atoms with Gasteiger partial charge in [0.15, 0.2) is 0 Å². The van der Waals surface area contributed by atoms with E-state index >= 15 is 0 Å². The van der Waals surface area contributed by atoms with E-state index in [9.17, 15) is 14.4 Å². The molecule has 33 heavy (non-hydrogen) atoms. The van der Waals surface area contributed by atoms with Gasteiger partial charge < -0.3 is 9.88 Å².